The number of guanidine groups is 1. The van der Waals surface area contributed by atoms with Crippen molar-refractivity contribution in [3.8, 4) is 5.75 Å². The van der Waals surface area contributed by atoms with Gasteiger partial charge in [0.2, 0.25) is 0 Å². The van der Waals surface area contributed by atoms with Gasteiger partial charge < -0.3 is 24.8 Å². The molecule has 2 rings (SSSR count). The van der Waals surface area contributed by atoms with Crippen molar-refractivity contribution < 1.29 is 14.2 Å². The summed E-state index contributed by atoms with van der Waals surface area (Å²) in [6.45, 7) is 6.80. The van der Waals surface area contributed by atoms with Crippen LogP contribution in [-0.4, -0.2) is 58.6 Å². The molecule has 6 nitrogen and oxygen atoms in total. The van der Waals surface area contributed by atoms with E-state index in [-0.39, 0.29) is 6.10 Å². The van der Waals surface area contributed by atoms with Crippen molar-refractivity contribution in [2.45, 2.75) is 32.3 Å². The second kappa shape index (κ2) is 11.7. The fraction of sp³-hybridized carbons (Fsp3) is 0.632. The number of hydrogen-bond donors (Lipinski definition) is 2. The molecule has 0 saturated carbocycles. The molecule has 1 aromatic carbocycles. The highest BCUT2D eigenvalue weighted by Gasteiger charge is 2.15. The molecule has 1 atom stereocenters. The van der Waals surface area contributed by atoms with Crippen LogP contribution in [0.2, 0.25) is 0 Å². The van der Waals surface area contributed by atoms with E-state index in [1.807, 2.05) is 12.1 Å². The standard InChI is InChI=1S/C19H31N3O3/c1-3-20-19(21-10-5-12-25-18-9-13-24-15-18)22-11-8-16-6-4-7-17(14-16)23-2/h4,6-7,14,18H,3,5,8-13,15H2,1-2H3,(H2,20,21,22). The summed E-state index contributed by atoms with van der Waals surface area (Å²) < 4.78 is 16.3. The summed E-state index contributed by atoms with van der Waals surface area (Å²) >= 11 is 0. The summed E-state index contributed by atoms with van der Waals surface area (Å²) in [7, 11) is 1.69. The normalized spacial score (nSPS) is 17.5. The van der Waals surface area contributed by atoms with E-state index in [2.05, 4.69) is 34.7 Å². The fourth-order valence-electron chi connectivity index (χ4n) is 2.64. The third-order valence-electron chi connectivity index (χ3n) is 4.00. The SMILES string of the molecule is CCNC(=NCCCOC1CCOC1)NCCc1cccc(OC)c1. The molecular weight excluding hydrogens is 318 g/mol. The predicted molar refractivity (Wildman–Crippen MR) is 100 cm³/mol. The molecule has 6 heteroatoms. The fourth-order valence-corrected chi connectivity index (χ4v) is 2.64. The van der Waals surface area contributed by atoms with Crippen molar-refractivity contribution in [2.24, 2.45) is 4.99 Å². The zero-order chi connectivity index (χ0) is 17.7. The summed E-state index contributed by atoms with van der Waals surface area (Å²) in [6.07, 6.45) is 3.13. The van der Waals surface area contributed by atoms with Gasteiger partial charge >= 0.3 is 0 Å². The summed E-state index contributed by atoms with van der Waals surface area (Å²) in [5.41, 5.74) is 1.25. The first-order valence-electron chi connectivity index (χ1n) is 9.16. The zero-order valence-corrected chi connectivity index (χ0v) is 15.4. The highest BCUT2D eigenvalue weighted by molar-refractivity contribution is 5.79. The first-order chi connectivity index (χ1) is 12.3. The Morgan fingerprint density at radius 3 is 3.04 bits per heavy atom. The van der Waals surface area contributed by atoms with Gasteiger partial charge in [0, 0.05) is 32.8 Å². The molecule has 140 valence electrons. The van der Waals surface area contributed by atoms with E-state index in [0.717, 1.165) is 70.4 Å². The third kappa shape index (κ3) is 7.75. The van der Waals surface area contributed by atoms with Gasteiger partial charge in [0.25, 0.3) is 0 Å². The molecule has 0 aromatic heterocycles. The molecule has 0 spiro atoms. The Hall–Kier alpha value is -1.79. The quantitative estimate of drug-likeness (QED) is 0.384. The molecule has 1 fully saturated rings. The average molecular weight is 349 g/mol. The molecule has 1 unspecified atom stereocenters. The molecule has 0 bridgehead atoms. The van der Waals surface area contributed by atoms with Gasteiger partial charge in [-0.05, 0) is 43.9 Å². The summed E-state index contributed by atoms with van der Waals surface area (Å²) in [6, 6.07) is 8.15. The first-order valence-corrected chi connectivity index (χ1v) is 9.16. The van der Waals surface area contributed by atoms with Crippen LogP contribution in [0.5, 0.6) is 5.75 Å². The molecule has 2 N–H and O–H groups in total. The van der Waals surface area contributed by atoms with Crippen LogP contribution in [-0.2, 0) is 15.9 Å². The van der Waals surface area contributed by atoms with Crippen molar-refractivity contribution >= 4 is 5.96 Å². The first kappa shape index (κ1) is 19.5. The lowest BCUT2D eigenvalue weighted by atomic mass is 10.1. The highest BCUT2D eigenvalue weighted by Crippen LogP contribution is 2.12. The van der Waals surface area contributed by atoms with Crippen LogP contribution in [0.4, 0.5) is 0 Å². The molecule has 1 aromatic rings. The third-order valence-corrected chi connectivity index (χ3v) is 4.00. The minimum atomic E-state index is 0.276. The molecule has 1 saturated heterocycles. The van der Waals surface area contributed by atoms with Crippen LogP contribution in [0.15, 0.2) is 29.3 Å². The topological polar surface area (TPSA) is 64.1 Å². The molecule has 1 aliphatic heterocycles. The number of aliphatic imine (C=N–C) groups is 1. The van der Waals surface area contributed by atoms with Gasteiger partial charge in [-0.25, -0.2) is 0 Å². The van der Waals surface area contributed by atoms with Gasteiger partial charge in [-0.2, -0.15) is 0 Å². The molecule has 25 heavy (non-hydrogen) atoms. The van der Waals surface area contributed by atoms with E-state index in [9.17, 15) is 0 Å². The number of benzene rings is 1. The lowest BCUT2D eigenvalue weighted by Crippen LogP contribution is -2.38. The molecule has 0 radical (unpaired) electrons. The lowest BCUT2D eigenvalue weighted by Gasteiger charge is -2.12. The van der Waals surface area contributed by atoms with Gasteiger partial charge in [0.05, 0.1) is 19.8 Å². The summed E-state index contributed by atoms with van der Waals surface area (Å²) in [5.74, 6) is 1.75. The smallest absolute Gasteiger partial charge is 0.191 e. The Labute approximate surface area is 151 Å². The van der Waals surface area contributed by atoms with E-state index in [1.165, 1.54) is 5.56 Å². The second-order valence-electron chi connectivity index (χ2n) is 6.00. The maximum absolute atomic E-state index is 5.76. The van der Waals surface area contributed by atoms with Gasteiger partial charge in [0.1, 0.15) is 5.75 Å². The van der Waals surface area contributed by atoms with Crippen LogP contribution in [0, 0.1) is 0 Å². The van der Waals surface area contributed by atoms with E-state index in [0.29, 0.717) is 0 Å². The monoisotopic (exact) mass is 349 g/mol. The Morgan fingerprint density at radius 1 is 1.36 bits per heavy atom. The van der Waals surface area contributed by atoms with Gasteiger partial charge in [-0.1, -0.05) is 12.1 Å². The van der Waals surface area contributed by atoms with E-state index in [1.54, 1.807) is 7.11 Å². The van der Waals surface area contributed by atoms with Gasteiger partial charge in [0.15, 0.2) is 5.96 Å². The maximum Gasteiger partial charge on any atom is 0.191 e. The van der Waals surface area contributed by atoms with Crippen molar-refractivity contribution in [1.82, 2.24) is 10.6 Å². The Balaban J connectivity index is 1.65. The molecule has 1 heterocycles. The number of methoxy groups -OCH3 is 1. The minimum Gasteiger partial charge on any atom is -0.497 e. The largest absolute Gasteiger partial charge is 0.497 e. The van der Waals surface area contributed by atoms with Crippen LogP contribution in [0.3, 0.4) is 0 Å². The van der Waals surface area contributed by atoms with Crippen molar-refractivity contribution in [2.75, 3.05) is 46.6 Å². The van der Waals surface area contributed by atoms with Gasteiger partial charge in [-0.3, -0.25) is 4.99 Å². The minimum absolute atomic E-state index is 0.276. The van der Waals surface area contributed by atoms with Crippen LogP contribution in [0.1, 0.15) is 25.3 Å². The Morgan fingerprint density at radius 2 is 2.28 bits per heavy atom. The maximum atomic E-state index is 5.76. The Kier molecular flexibility index (Phi) is 9.15. The summed E-state index contributed by atoms with van der Waals surface area (Å²) in [5, 5.41) is 6.65. The van der Waals surface area contributed by atoms with E-state index in [4.69, 9.17) is 14.2 Å². The van der Waals surface area contributed by atoms with Crippen molar-refractivity contribution in [3.05, 3.63) is 29.8 Å². The average Bonchev–Trinajstić information content (AvgIpc) is 3.15. The second-order valence-corrected chi connectivity index (χ2v) is 6.00. The Bertz CT molecular complexity index is 516. The summed E-state index contributed by atoms with van der Waals surface area (Å²) in [4.78, 5) is 4.60. The molecule has 1 aliphatic rings. The number of nitrogens with one attached hydrogen (secondary N) is 2. The van der Waals surface area contributed by atoms with Gasteiger partial charge in [-0.15, -0.1) is 0 Å². The van der Waals surface area contributed by atoms with E-state index >= 15 is 0 Å². The van der Waals surface area contributed by atoms with Crippen LogP contribution < -0.4 is 15.4 Å². The molecule has 0 aliphatic carbocycles. The van der Waals surface area contributed by atoms with Crippen LogP contribution in [0.25, 0.3) is 0 Å². The van der Waals surface area contributed by atoms with E-state index < -0.39 is 0 Å². The molecular formula is C19H31N3O3. The van der Waals surface area contributed by atoms with Crippen molar-refractivity contribution in [3.63, 3.8) is 0 Å². The number of hydrogen-bond acceptors (Lipinski definition) is 4. The number of ether oxygens (including phenoxy) is 3. The van der Waals surface area contributed by atoms with Crippen molar-refractivity contribution in [1.29, 1.82) is 0 Å². The number of rotatable bonds is 10. The zero-order valence-electron chi connectivity index (χ0n) is 15.4. The van der Waals surface area contributed by atoms with Crippen LogP contribution >= 0.6 is 0 Å². The predicted octanol–water partition coefficient (Wildman–Crippen LogP) is 1.99. The number of nitrogens with zero attached hydrogens (tertiary/aromatic N) is 1. The molecule has 0 amide bonds. The highest BCUT2D eigenvalue weighted by atomic mass is 16.5. The lowest BCUT2D eigenvalue weighted by molar-refractivity contribution is 0.0424.